The van der Waals surface area contributed by atoms with E-state index < -0.39 is 5.97 Å². The maximum atomic E-state index is 11.8. The van der Waals surface area contributed by atoms with Crippen molar-refractivity contribution in [2.45, 2.75) is 45.1 Å². The van der Waals surface area contributed by atoms with E-state index in [0.29, 0.717) is 35.0 Å². The number of nitrogens with one attached hydrogen (secondary N) is 2. The Morgan fingerprint density at radius 3 is 2.67 bits per heavy atom. The minimum atomic E-state index is -0.434. The first kappa shape index (κ1) is 18.9. The third kappa shape index (κ3) is 4.67. The van der Waals surface area contributed by atoms with Gasteiger partial charge < -0.3 is 20.1 Å². The van der Waals surface area contributed by atoms with Crippen molar-refractivity contribution in [2.75, 3.05) is 24.9 Å². The summed E-state index contributed by atoms with van der Waals surface area (Å²) < 4.78 is 10.1. The molecule has 144 valence electrons. The molecule has 1 fully saturated rings. The Morgan fingerprint density at radius 1 is 1.26 bits per heavy atom. The standard InChI is InChI=1S/C20H26N4O3/c1-5-12(2)21-20-23-16(13-6-7-13)11-18(24-20)22-14-8-9-15(19(25)27-4)17(10-14)26-3/h8-13H,5-7H2,1-4H3,(H2,21,22,23,24)/t12-/m0/s1. The number of carbonyl (C=O) groups is 1. The van der Waals surface area contributed by atoms with E-state index in [2.05, 4.69) is 34.4 Å². The van der Waals surface area contributed by atoms with Crippen molar-refractivity contribution in [1.29, 1.82) is 0 Å². The van der Waals surface area contributed by atoms with Gasteiger partial charge in [-0.25, -0.2) is 9.78 Å². The maximum absolute atomic E-state index is 11.8. The van der Waals surface area contributed by atoms with Crippen LogP contribution in [0.4, 0.5) is 17.5 Å². The van der Waals surface area contributed by atoms with Gasteiger partial charge in [-0.05, 0) is 38.3 Å². The zero-order valence-corrected chi connectivity index (χ0v) is 16.2. The minimum Gasteiger partial charge on any atom is -0.496 e. The van der Waals surface area contributed by atoms with E-state index in [4.69, 9.17) is 9.47 Å². The number of esters is 1. The molecule has 0 spiro atoms. The summed E-state index contributed by atoms with van der Waals surface area (Å²) in [5, 5.41) is 6.64. The van der Waals surface area contributed by atoms with Crippen LogP contribution >= 0.6 is 0 Å². The third-order valence-corrected chi connectivity index (χ3v) is 4.61. The Balaban J connectivity index is 1.86. The second kappa shape index (κ2) is 8.24. The summed E-state index contributed by atoms with van der Waals surface area (Å²) in [5.74, 6) is 1.88. The van der Waals surface area contributed by atoms with Gasteiger partial charge in [0.15, 0.2) is 0 Å². The Bertz CT molecular complexity index is 821. The van der Waals surface area contributed by atoms with E-state index in [1.807, 2.05) is 6.07 Å². The number of hydrogen-bond donors (Lipinski definition) is 2. The molecule has 1 aromatic heterocycles. The van der Waals surface area contributed by atoms with Crippen molar-refractivity contribution < 1.29 is 14.3 Å². The van der Waals surface area contributed by atoms with E-state index in [0.717, 1.165) is 17.8 Å². The molecule has 7 heteroatoms. The van der Waals surface area contributed by atoms with Gasteiger partial charge in [-0.2, -0.15) is 4.98 Å². The van der Waals surface area contributed by atoms with Gasteiger partial charge in [0.05, 0.1) is 19.9 Å². The predicted octanol–water partition coefficient (Wildman–Crippen LogP) is 4.10. The molecule has 0 bridgehead atoms. The van der Waals surface area contributed by atoms with Gasteiger partial charge in [0.2, 0.25) is 5.95 Å². The minimum absolute atomic E-state index is 0.298. The van der Waals surface area contributed by atoms with E-state index >= 15 is 0 Å². The highest BCUT2D eigenvalue weighted by molar-refractivity contribution is 5.93. The smallest absolute Gasteiger partial charge is 0.341 e. The number of aromatic nitrogens is 2. The normalized spacial score (nSPS) is 14.4. The number of rotatable bonds is 8. The van der Waals surface area contributed by atoms with Crippen LogP contribution in [0.3, 0.4) is 0 Å². The average Bonchev–Trinajstić information content (AvgIpc) is 3.52. The molecule has 0 aliphatic heterocycles. The van der Waals surface area contributed by atoms with Gasteiger partial charge in [-0.3, -0.25) is 0 Å². The quantitative estimate of drug-likeness (QED) is 0.677. The summed E-state index contributed by atoms with van der Waals surface area (Å²) >= 11 is 0. The van der Waals surface area contributed by atoms with Crippen LogP contribution in [0.1, 0.15) is 55.1 Å². The highest BCUT2D eigenvalue weighted by atomic mass is 16.5. The molecule has 1 saturated carbocycles. The van der Waals surface area contributed by atoms with Gasteiger partial charge in [-0.1, -0.05) is 6.92 Å². The maximum Gasteiger partial charge on any atom is 0.341 e. The summed E-state index contributed by atoms with van der Waals surface area (Å²) in [6.07, 6.45) is 3.33. The molecule has 3 rings (SSSR count). The molecule has 2 aromatic rings. The fraction of sp³-hybridized carbons (Fsp3) is 0.450. The van der Waals surface area contributed by atoms with Crippen molar-refractivity contribution in [2.24, 2.45) is 0 Å². The highest BCUT2D eigenvalue weighted by Gasteiger charge is 2.26. The summed E-state index contributed by atoms with van der Waals surface area (Å²) in [6, 6.07) is 7.52. The molecule has 1 aliphatic rings. The second-order valence-electron chi connectivity index (χ2n) is 6.76. The van der Waals surface area contributed by atoms with Gasteiger partial charge in [0.1, 0.15) is 17.1 Å². The van der Waals surface area contributed by atoms with Crippen LogP contribution in [0.15, 0.2) is 24.3 Å². The molecule has 0 radical (unpaired) electrons. The topological polar surface area (TPSA) is 85.4 Å². The van der Waals surface area contributed by atoms with Crippen molar-refractivity contribution in [3.8, 4) is 5.75 Å². The number of hydrogen-bond acceptors (Lipinski definition) is 7. The van der Waals surface area contributed by atoms with Crippen molar-refractivity contribution in [1.82, 2.24) is 9.97 Å². The number of methoxy groups -OCH3 is 2. The van der Waals surface area contributed by atoms with Crippen LogP contribution in [-0.2, 0) is 4.74 Å². The Morgan fingerprint density at radius 2 is 2.04 bits per heavy atom. The molecule has 0 amide bonds. The first-order valence-corrected chi connectivity index (χ1v) is 9.23. The zero-order chi connectivity index (χ0) is 19.4. The largest absolute Gasteiger partial charge is 0.496 e. The van der Waals surface area contributed by atoms with Gasteiger partial charge in [-0.15, -0.1) is 0 Å². The number of anilines is 3. The van der Waals surface area contributed by atoms with E-state index in [9.17, 15) is 4.79 Å². The summed E-state index contributed by atoms with van der Waals surface area (Å²) in [7, 11) is 2.87. The van der Waals surface area contributed by atoms with E-state index in [-0.39, 0.29) is 0 Å². The number of carbonyl (C=O) groups excluding carboxylic acids is 1. The molecule has 0 saturated heterocycles. The Kier molecular flexibility index (Phi) is 5.78. The SMILES string of the molecule is CC[C@H](C)Nc1nc(Nc2ccc(C(=O)OC)c(OC)c2)cc(C2CC2)n1. The summed E-state index contributed by atoms with van der Waals surface area (Å²) in [4.78, 5) is 21.1. The van der Waals surface area contributed by atoms with Gasteiger partial charge >= 0.3 is 5.97 Å². The fourth-order valence-corrected chi connectivity index (χ4v) is 2.70. The van der Waals surface area contributed by atoms with Crippen LogP contribution in [0.5, 0.6) is 5.75 Å². The molecule has 27 heavy (non-hydrogen) atoms. The molecule has 1 aromatic carbocycles. The van der Waals surface area contributed by atoms with Crippen LogP contribution in [0.2, 0.25) is 0 Å². The molecule has 2 N–H and O–H groups in total. The van der Waals surface area contributed by atoms with Gasteiger partial charge in [0.25, 0.3) is 0 Å². The molecule has 1 heterocycles. The number of ether oxygens (including phenoxy) is 2. The molecular weight excluding hydrogens is 344 g/mol. The zero-order valence-electron chi connectivity index (χ0n) is 16.2. The van der Waals surface area contributed by atoms with Crippen molar-refractivity contribution in [3.63, 3.8) is 0 Å². The first-order valence-electron chi connectivity index (χ1n) is 9.23. The average molecular weight is 370 g/mol. The summed E-state index contributed by atoms with van der Waals surface area (Å²) in [6.45, 7) is 4.23. The first-order chi connectivity index (χ1) is 13.0. The van der Waals surface area contributed by atoms with Crippen molar-refractivity contribution >= 4 is 23.4 Å². The lowest BCUT2D eigenvalue weighted by atomic mass is 10.1. The lowest BCUT2D eigenvalue weighted by Crippen LogP contribution is -2.16. The second-order valence-corrected chi connectivity index (χ2v) is 6.76. The molecule has 1 aliphatic carbocycles. The molecule has 1 atom stereocenters. The highest BCUT2D eigenvalue weighted by Crippen LogP contribution is 2.40. The van der Waals surface area contributed by atoms with Crippen molar-refractivity contribution in [3.05, 3.63) is 35.5 Å². The fourth-order valence-electron chi connectivity index (χ4n) is 2.70. The lowest BCUT2D eigenvalue weighted by Gasteiger charge is -2.15. The molecule has 7 nitrogen and oxygen atoms in total. The summed E-state index contributed by atoms with van der Waals surface area (Å²) in [5.41, 5.74) is 2.21. The predicted molar refractivity (Wildman–Crippen MR) is 105 cm³/mol. The van der Waals surface area contributed by atoms with E-state index in [1.54, 1.807) is 18.2 Å². The van der Waals surface area contributed by atoms with Crippen LogP contribution in [0, 0.1) is 0 Å². The Hall–Kier alpha value is -2.83. The van der Waals surface area contributed by atoms with Crippen LogP contribution in [-0.4, -0.2) is 36.2 Å². The monoisotopic (exact) mass is 370 g/mol. The number of nitrogens with zero attached hydrogens (tertiary/aromatic N) is 2. The van der Waals surface area contributed by atoms with Gasteiger partial charge in [0, 0.05) is 29.8 Å². The molecule has 0 unspecified atom stereocenters. The lowest BCUT2D eigenvalue weighted by molar-refractivity contribution is 0.0597. The third-order valence-electron chi connectivity index (χ3n) is 4.61. The Labute approximate surface area is 159 Å². The van der Waals surface area contributed by atoms with Crippen LogP contribution < -0.4 is 15.4 Å². The van der Waals surface area contributed by atoms with E-state index in [1.165, 1.54) is 27.1 Å². The van der Waals surface area contributed by atoms with Crippen LogP contribution in [0.25, 0.3) is 0 Å². The number of benzene rings is 1. The molecular formula is C20H26N4O3.